The van der Waals surface area contributed by atoms with E-state index in [4.69, 9.17) is 11.6 Å². The lowest BCUT2D eigenvalue weighted by molar-refractivity contribution is 0.0947. The predicted octanol–water partition coefficient (Wildman–Crippen LogP) is 1.95. The van der Waals surface area contributed by atoms with Gasteiger partial charge < -0.3 is 5.32 Å². The van der Waals surface area contributed by atoms with E-state index in [0.29, 0.717) is 17.3 Å². The molecule has 0 aliphatic heterocycles. The minimum Gasteiger partial charge on any atom is -0.346 e. The van der Waals surface area contributed by atoms with Crippen molar-refractivity contribution < 1.29 is 4.79 Å². The molecular formula is C11H16ClN3O. The average molecular weight is 242 g/mol. The molecular weight excluding hydrogens is 226 g/mol. The van der Waals surface area contributed by atoms with Gasteiger partial charge in [-0.15, -0.1) is 0 Å². The van der Waals surface area contributed by atoms with Crippen LogP contribution in [0.1, 0.15) is 30.0 Å². The van der Waals surface area contributed by atoms with Gasteiger partial charge in [-0.25, -0.2) is 0 Å². The Kier molecular flexibility index (Phi) is 4.55. The van der Waals surface area contributed by atoms with Crippen LogP contribution in [0.4, 0.5) is 0 Å². The maximum Gasteiger partial charge on any atom is 0.269 e. The van der Waals surface area contributed by atoms with Crippen LogP contribution in [-0.2, 0) is 13.0 Å². The highest BCUT2D eigenvalue weighted by Gasteiger charge is 2.13. The zero-order valence-corrected chi connectivity index (χ0v) is 10.3. The van der Waals surface area contributed by atoms with Crippen molar-refractivity contribution in [2.75, 3.05) is 6.54 Å². The molecule has 0 aromatic carbocycles. The monoisotopic (exact) mass is 241 g/mol. The Labute approximate surface area is 100 Å². The van der Waals surface area contributed by atoms with Crippen LogP contribution in [0.3, 0.4) is 0 Å². The summed E-state index contributed by atoms with van der Waals surface area (Å²) in [6.07, 6.45) is 0.815. The zero-order valence-electron chi connectivity index (χ0n) is 9.59. The van der Waals surface area contributed by atoms with Crippen molar-refractivity contribution in [1.82, 2.24) is 15.1 Å². The molecule has 0 bridgehead atoms. The van der Waals surface area contributed by atoms with Crippen LogP contribution < -0.4 is 5.32 Å². The normalized spacial score (nSPS) is 10.2. The van der Waals surface area contributed by atoms with Crippen LogP contribution in [-0.4, -0.2) is 22.2 Å². The summed E-state index contributed by atoms with van der Waals surface area (Å²) in [6, 6.07) is 1.80. The van der Waals surface area contributed by atoms with E-state index in [9.17, 15) is 4.79 Å². The van der Waals surface area contributed by atoms with E-state index in [-0.39, 0.29) is 12.5 Å². The van der Waals surface area contributed by atoms with Crippen molar-refractivity contribution in [1.29, 1.82) is 0 Å². The lowest BCUT2D eigenvalue weighted by atomic mass is 10.3. The number of rotatable bonds is 5. The Morgan fingerprint density at radius 1 is 1.62 bits per heavy atom. The van der Waals surface area contributed by atoms with Gasteiger partial charge in [-0.1, -0.05) is 25.1 Å². The molecule has 0 fully saturated rings. The number of hydrogen-bond donors (Lipinski definition) is 1. The summed E-state index contributed by atoms with van der Waals surface area (Å²) in [4.78, 5) is 11.8. The van der Waals surface area contributed by atoms with Gasteiger partial charge in [-0.3, -0.25) is 9.48 Å². The van der Waals surface area contributed by atoms with Gasteiger partial charge in [0.2, 0.25) is 0 Å². The molecule has 0 saturated heterocycles. The number of aromatic nitrogens is 2. The van der Waals surface area contributed by atoms with E-state index in [0.717, 1.165) is 12.1 Å². The number of nitrogens with zero attached hydrogens (tertiary/aromatic N) is 2. The van der Waals surface area contributed by atoms with Crippen LogP contribution in [0.2, 0.25) is 0 Å². The third-order valence-electron chi connectivity index (χ3n) is 2.17. The van der Waals surface area contributed by atoms with Crippen molar-refractivity contribution in [2.24, 2.45) is 0 Å². The van der Waals surface area contributed by atoms with Gasteiger partial charge in [-0.2, -0.15) is 5.10 Å². The van der Waals surface area contributed by atoms with Crippen LogP contribution in [0.15, 0.2) is 17.7 Å². The molecule has 0 radical (unpaired) electrons. The summed E-state index contributed by atoms with van der Waals surface area (Å²) < 4.78 is 1.69. The Bertz CT molecular complexity index is 398. The van der Waals surface area contributed by atoms with Crippen molar-refractivity contribution in [3.8, 4) is 0 Å². The summed E-state index contributed by atoms with van der Waals surface area (Å²) in [5.41, 5.74) is 1.48. The number of halogens is 1. The van der Waals surface area contributed by atoms with E-state index in [1.54, 1.807) is 10.7 Å². The molecule has 1 rings (SSSR count). The molecule has 0 aliphatic carbocycles. The van der Waals surface area contributed by atoms with E-state index in [1.165, 1.54) is 0 Å². The fourth-order valence-corrected chi connectivity index (χ4v) is 1.40. The summed E-state index contributed by atoms with van der Waals surface area (Å²) >= 11 is 5.58. The SMILES string of the molecule is C=C(Cl)CNC(=O)c1cc(CC)nn1CC. The van der Waals surface area contributed by atoms with Crippen LogP contribution in [0.5, 0.6) is 0 Å². The van der Waals surface area contributed by atoms with Gasteiger partial charge in [0, 0.05) is 11.6 Å². The summed E-state index contributed by atoms with van der Waals surface area (Å²) in [7, 11) is 0. The first-order chi connectivity index (χ1) is 7.58. The smallest absolute Gasteiger partial charge is 0.269 e. The molecule has 0 spiro atoms. The van der Waals surface area contributed by atoms with Crippen LogP contribution >= 0.6 is 11.6 Å². The fourth-order valence-electron chi connectivity index (χ4n) is 1.33. The highest BCUT2D eigenvalue weighted by atomic mass is 35.5. The van der Waals surface area contributed by atoms with Gasteiger partial charge >= 0.3 is 0 Å². The van der Waals surface area contributed by atoms with Crippen LogP contribution in [0.25, 0.3) is 0 Å². The molecule has 1 N–H and O–H groups in total. The van der Waals surface area contributed by atoms with Gasteiger partial charge in [0.05, 0.1) is 12.2 Å². The second-order valence-corrected chi connectivity index (χ2v) is 3.92. The zero-order chi connectivity index (χ0) is 12.1. The highest BCUT2D eigenvalue weighted by Crippen LogP contribution is 2.06. The lowest BCUT2D eigenvalue weighted by Crippen LogP contribution is -2.27. The Morgan fingerprint density at radius 3 is 2.81 bits per heavy atom. The predicted molar refractivity (Wildman–Crippen MR) is 64.6 cm³/mol. The molecule has 0 saturated carbocycles. The topological polar surface area (TPSA) is 46.9 Å². The Hall–Kier alpha value is -1.29. The van der Waals surface area contributed by atoms with Crippen molar-refractivity contribution in [2.45, 2.75) is 26.8 Å². The molecule has 88 valence electrons. The first kappa shape index (κ1) is 12.8. The molecule has 1 heterocycles. The highest BCUT2D eigenvalue weighted by molar-refractivity contribution is 6.29. The second kappa shape index (κ2) is 5.70. The number of nitrogens with one attached hydrogen (secondary N) is 1. The van der Waals surface area contributed by atoms with Crippen molar-refractivity contribution >= 4 is 17.5 Å². The first-order valence-corrected chi connectivity index (χ1v) is 5.64. The van der Waals surface area contributed by atoms with Gasteiger partial charge in [-0.05, 0) is 19.4 Å². The number of carbonyl (C=O) groups excluding carboxylic acids is 1. The van der Waals surface area contributed by atoms with E-state index in [2.05, 4.69) is 17.0 Å². The summed E-state index contributed by atoms with van der Waals surface area (Å²) in [6.45, 7) is 8.41. The molecule has 1 aromatic heterocycles. The minimum absolute atomic E-state index is 0.171. The van der Waals surface area contributed by atoms with Gasteiger partial charge in [0.1, 0.15) is 5.69 Å². The van der Waals surface area contributed by atoms with E-state index >= 15 is 0 Å². The summed E-state index contributed by atoms with van der Waals surface area (Å²) in [5.74, 6) is -0.171. The maximum atomic E-state index is 11.8. The Balaban J connectivity index is 2.80. The van der Waals surface area contributed by atoms with Crippen molar-refractivity contribution in [3.05, 3.63) is 29.1 Å². The number of hydrogen-bond acceptors (Lipinski definition) is 2. The second-order valence-electron chi connectivity index (χ2n) is 3.39. The van der Waals surface area contributed by atoms with Crippen LogP contribution in [0, 0.1) is 0 Å². The van der Waals surface area contributed by atoms with E-state index < -0.39 is 0 Å². The molecule has 5 heteroatoms. The fraction of sp³-hybridized carbons (Fsp3) is 0.455. The lowest BCUT2D eigenvalue weighted by Gasteiger charge is -2.05. The van der Waals surface area contributed by atoms with Gasteiger partial charge in [0.15, 0.2) is 0 Å². The average Bonchev–Trinajstić information content (AvgIpc) is 2.68. The molecule has 16 heavy (non-hydrogen) atoms. The van der Waals surface area contributed by atoms with E-state index in [1.807, 2.05) is 13.8 Å². The molecule has 0 atom stereocenters. The number of amides is 1. The molecule has 0 unspecified atom stereocenters. The largest absolute Gasteiger partial charge is 0.346 e. The molecule has 0 aliphatic rings. The summed E-state index contributed by atoms with van der Waals surface area (Å²) in [5, 5.41) is 7.38. The third kappa shape index (κ3) is 3.10. The number of carbonyl (C=O) groups is 1. The molecule has 1 amide bonds. The third-order valence-corrected chi connectivity index (χ3v) is 2.30. The Morgan fingerprint density at radius 2 is 2.31 bits per heavy atom. The first-order valence-electron chi connectivity index (χ1n) is 5.26. The molecule has 1 aromatic rings. The molecule has 4 nitrogen and oxygen atoms in total. The number of aryl methyl sites for hydroxylation is 2. The quantitative estimate of drug-likeness (QED) is 0.857. The standard InChI is InChI=1S/C11H16ClN3O/c1-4-9-6-10(15(5-2)14-9)11(16)13-7-8(3)12/h6H,3-5,7H2,1-2H3,(H,13,16). The maximum absolute atomic E-state index is 11.8. The van der Waals surface area contributed by atoms with Crippen molar-refractivity contribution in [3.63, 3.8) is 0 Å². The van der Waals surface area contributed by atoms with Gasteiger partial charge in [0.25, 0.3) is 5.91 Å². The minimum atomic E-state index is -0.171.